The van der Waals surface area contributed by atoms with E-state index in [4.69, 9.17) is 9.15 Å². The molecule has 188 valence electrons. The van der Waals surface area contributed by atoms with Gasteiger partial charge in [-0.25, -0.2) is 13.6 Å². The fourth-order valence-electron chi connectivity index (χ4n) is 7.83. The van der Waals surface area contributed by atoms with E-state index in [9.17, 15) is 19.5 Å². The number of rotatable bonds is 3. The molecule has 0 saturated heterocycles. The third-order valence-electron chi connectivity index (χ3n) is 9.46. The molecule has 4 aliphatic rings. The van der Waals surface area contributed by atoms with E-state index < -0.39 is 69.0 Å². The zero-order valence-electron chi connectivity index (χ0n) is 19.7. The van der Waals surface area contributed by atoms with Crippen molar-refractivity contribution < 1.29 is 37.4 Å². The molecule has 0 unspecified atom stereocenters. The molecule has 9 atom stereocenters. The molecule has 1 heterocycles. The van der Waals surface area contributed by atoms with E-state index in [0.717, 1.165) is 6.08 Å². The molecule has 0 aromatic carbocycles. The number of hydrogen-bond donors (Lipinski definition) is 2. The molecule has 4 aliphatic carbocycles. The molecule has 0 radical (unpaired) electrons. The molecule has 6 nitrogen and oxygen atoms in total. The van der Waals surface area contributed by atoms with E-state index in [1.807, 2.05) is 0 Å². The summed E-state index contributed by atoms with van der Waals surface area (Å²) in [4.78, 5) is 38.0. The van der Waals surface area contributed by atoms with Crippen LogP contribution in [-0.2, 0) is 14.3 Å². The van der Waals surface area contributed by atoms with Crippen molar-refractivity contribution in [2.75, 3.05) is 0 Å². The number of aliphatic hydroxyl groups excluding tert-OH is 1. The number of ether oxygens (including phenoxy) is 1. The van der Waals surface area contributed by atoms with E-state index in [-0.39, 0.29) is 30.6 Å². The summed E-state index contributed by atoms with van der Waals surface area (Å²) >= 11 is 4.11. The number of aliphatic hydroxyl groups is 1. The second-order valence-corrected chi connectivity index (χ2v) is 11.3. The lowest BCUT2D eigenvalue weighted by Gasteiger charge is -2.63. The predicted molar refractivity (Wildman–Crippen MR) is 124 cm³/mol. The number of furan rings is 1. The van der Waals surface area contributed by atoms with Gasteiger partial charge in [0, 0.05) is 22.7 Å². The zero-order valence-corrected chi connectivity index (χ0v) is 20.6. The summed E-state index contributed by atoms with van der Waals surface area (Å²) in [5, 5.41) is 10.7. The highest BCUT2D eigenvalue weighted by Crippen LogP contribution is 2.71. The molecule has 0 aliphatic heterocycles. The molecule has 1 aromatic rings. The zero-order chi connectivity index (χ0) is 25.6. The fraction of sp³-hybridized carbons (Fsp3) is 0.577. The second kappa shape index (κ2) is 7.62. The molecule has 9 heteroatoms. The van der Waals surface area contributed by atoms with Gasteiger partial charge in [0.15, 0.2) is 17.1 Å². The lowest BCUT2D eigenvalue weighted by molar-refractivity contribution is -0.221. The topological polar surface area (TPSA) is 93.8 Å². The number of halogens is 2. The summed E-state index contributed by atoms with van der Waals surface area (Å²) in [6, 6.07) is 2.91. The highest BCUT2D eigenvalue weighted by atomic mass is 32.1. The van der Waals surface area contributed by atoms with Gasteiger partial charge in [-0.1, -0.05) is 19.9 Å². The minimum atomic E-state index is -2.29. The van der Waals surface area contributed by atoms with Crippen molar-refractivity contribution >= 4 is 29.5 Å². The van der Waals surface area contributed by atoms with Crippen LogP contribution in [0.3, 0.4) is 0 Å². The van der Waals surface area contributed by atoms with Crippen molar-refractivity contribution in [1.82, 2.24) is 0 Å². The summed E-state index contributed by atoms with van der Waals surface area (Å²) in [6.45, 7) is 4.93. The Morgan fingerprint density at radius 3 is 2.60 bits per heavy atom. The van der Waals surface area contributed by atoms with Crippen LogP contribution in [0.5, 0.6) is 0 Å². The number of carbonyl (C=O) groups excluding carboxylic acids is 3. The first kappa shape index (κ1) is 24.4. The maximum atomic E-state index is 17.3. The SMILES string of the molecule is C[C@@H]1C[C@H]2[C@@H]3C[C@H](F)C4=CC(=O)C=C[C@]4(C)[C@@]3(F)[C@@H](O)C[C@]2(C)[C@@]1(OC(=O)c1ccco1)C(=O)S. The summed E-state index contributed by atoms with van der Waals surface area (Å²) in [7, 11) is 0. The number of fused-ring (bicyclic) bond motifs is 5. The van der Waals surface area contributed by atoms with Crippen molar-refractivity contribution in [3.63, 3.8) is 0 Å². The molecule has 0 amide bonds. The van der Waals surface area contributed by atoms with Crippen molar-refractivity contribution in [3.05, 3.63) is 48.0 Å². The van der Waals surface area contributed by atoms with E-state index in [1.165, 1.54) is 37.5 Å². The van der Waals surface area contributed by atoms with Gasteiger partial charge >= 0.3 is 5.97 Å². The number of hydrogen-bond acceptors (Lipinski definition) is 6. The van der Waals surface area contributed by atoms with Crippen LogP contribution in [0.15, 0.2) is 46.6 Å². The van der Waals surface area contributed by atoms with E-state index in [1.54, 1.807) is 13.8 Å². The summed E-state index contributed by atoms with van der Waals surface area (Å²) in [6.07, 6.45) is 1.58. The average Bonchev–Trinajstić information content (AvgIpc) is 3.39. The Bertz CT molecular complexity index is 1160. The fourth-order valence-corrected chi connectivity index (χ4v) is 8.35. The maximum Gasteiger partial charge on any atom is 0.375 e. The van der Waals surface area contributed by atoms with Crippen LogP contribution in [0.1, 0.15) is 50.6 Å². The largest absolute Gasteiger partial charge is 0.457 e. The Morgan fingerprint density at radius 1 is 1.26 bits per heavy atom. The summed E-state index contributed by atoms with van der Waals surface area (Å²) in [5.41, 5.74) is -6.80. The smallest absolute Gasteiger partial charge is 0.375 e. The molecular formula is C26H28F2O6S. The highest BCUT2D eigenvalue weighted by molar-refractivity contribution is 7.96. The molecule has 3 fully saturated rings. The summed E-state index contributed by atoms with van der Waals surface area (Å²) < 4.78 is 43.8. The first-order valence-electron chi connectivity index (χ1n) is 11.8. The van der Waals surface area contributed by atoms with Gasteiger partial charge in [-0.15, -0.1) is 12.6 Å². The van der Waals surface area contributed by atoms with Gasteiger partial charge in [0.1, 0.15) is 6.17 Å². The Hall–Kier alpha value is -2.26. The molecule has 0 spiro atoms. The molecule has 3 saturated carbocycles. The minimum Gasteiger partial charge on any atom is -0.457 e. The van der Waals surface area contributed by atoms with Crippen molar-refractivity contribution in [2.45, 2.75) is 63.6 Å². The number of alkyl halides is 2. The molecular weight excluding hydrogens is 478 g/mol. The number of esters is 1. The monoisotopic (exact) mass is 506 g/mol. The second-order valence-electron chi connectivity index (χ2n) is 10.9. The van der Waals surface area contributed by atoms with E-state index in [0.29, 0.717) is 0 Å². The minimum absolute atomic E-state index is 0.0261. The van der Waals surface area contributed by atoms with Gasteiger partial charge < -0.3 is 14.3 Å². The van der Waals surface area contributed by atoms with Gasteiger partial charge in [0.2, 0.25) is 10.9 Å². The van der Waals surface area contributed by atoms with E-state index >= 15 is 8.78 Å². The first-order chi connectivity index (χ1) is 16.3. The predicted octanol–water partition coefficient (Wildman–Crippen LogP) is 4.20. The van der Waals surface area contributed by atoms with Crippen LogP contribution in [0.2, 0.25) is 0 Å². The van der Waals surface area contributed by atoms with Crippen molar-refractivity contribution in [3.8, 4) is 0 Å². The van der Waals surface area contributed by atoms with Crippen LogP contribution >= 0.6 is 12.6 Å². The molecule has 0 bridgehead atoms. The van der Waals surface area contributed by atoms with Gasteiger partial charge in [-0.05, 0) is 62.0 Å². The van der Waals surface area contributed by atoms with Crippen LogP contribution in [0.4, 0.5) is 8.78 Å². The quantitative estimate of drug-likeness (QED) is 0.472. The highest BCUT2D eigenvalue weighted by Gasteiger charge is 2.78. The number of ketones is 1. The van der Waals surface area contributed by atoms with Crippen LogP contribution in [0.25, 0.3) is 0 Å². The molecule has 35 heavy (non-hydrogen) atoms. The third kappa shape index (κ3) is 2.88. The van der Waals surface area contributed by atoms with Gasteiger partial charge in [0.25, 0.3) is 0 Å². The average molecular weight is 507 g/mol. The first-order valence-corrected chi connectivity index (χ1v) is 12.2. The number of allylic oxidation sites excluding steroid dienone is 4. The lowest BCUT2D eigenvalue weighted by Crippen LogP contribution is -2.70. The molecule has 1 N–H and O–H groups in total. The van der Waals surface area contributed by atoms with Crippen LogP contribution in [-0.4, -0.2) is 45.5 Å². The van der Waals surface area contributed by atoms with Crippen LogP contribution < -0.4 is 0 Å². The molecule has 5 rings (SSSR count). The standard InChI is InChI=1S/C26H28F2O6S/c1-13-9-15-16-11-18(27)17-10-14(29)6-7-23(17,2)25(16,28)20(30)12-24(15,3)26(13,22(32)35)34-21(31)19-5-4-8-33-19/h4-8,10,13,15-16,18,20,30H,9,11-12H2,1-3H3,(H,32,35)/t13-,15+,16+,18+,20+,23+,24+,25+,26+/m1/s1. The summed E-state index contributed by atoms with van der Waals surface area (Å²) in [5.74, 6) is -3.57. The third-order valence-corrected chi connectivity index (χ3v) is 9.79. The Morgan fingerprint density at radius 2 is 1.97 bits per heavy atom. The number of thiol groups is 1. The Labute approximate surface area is 207 Å². The van der Waals surface area contributed by atoms with Gasteiger partial charge in [-0.3, -0.25) is 9.59 Å². The Balaban J connectivity index is 1.62. The molecule has 1 aromatic heterocycles. The lowest BCUT2D eigenvalue weighted by atomic mass is 9.44. The van der Waals surface area contributed by atoms with Crippen LogP contribution in [0, 0.1) is 28.6 Å². The van der Waals surface area contributed by atoms with Gasteiger partial charge in [0.05, 0.1) is 12.4 Å². The Kier molecular flexibility index (Phi) is 5.32. The van der Waals surface area contributed by atoms with Gasteiger partial charge in [-0.2, -0.15) is 0 Å². The maximum absolute atomic E-state index is 17.3. The normalized spacial score (nSPS) is 46.3. The van der Waals surface area contributed by atoms with E-state index in [2.05, 4.69) is 12.6 Å². The van der Waals surface area contributed by atoms with Crippen molar-refractivity contribution in [1.29, 1.82) is 0 Å². The van der Waals surface area contributed by atoms with Crippen molar-refractivity contribution in [2.24, 2.45) is 28.6 Å². The number of carbonyl (C=O) groups is 3.